The van der Waals surface area contributed by atoms with E-state index in [1.165, 1.54) is 25.2 Å². The molecule has 1 aromatic rings. The maximum atomic E-state index is 13.1. The molecule has 0 heterocycles. The smallest absolute Gasteiger partial charge is 0.299 e. The average molecular weight is 222 g/mol. The van der Waals surface area contributed by atoms with Crippen molar-refractivity contribution in [2.45, 2.75) is 0 Å². The van der Waals surface area contributed by atoms with E-state index >= 15 is 0 Å². The fourth-order valence-corrected chi connectivity index (χ4v) is 1.09. The first kappa shape index (κ1) is 10.3. The van der Waals surface area contributed by atoms with Crippen LogP contribution >= 0.6 is 23.2 Å². The second-order valence-electron chi connectivity index (χ2n) is 2.41. The van der Waals surface area contributed by atoms with E-state index in [0.29, 0.717) is 5.02 Å². The average Bonchev–Trinajstić information content (AvgIpc) is 2.08. The van der Waals surface area contributed by atoms with Gasteiger partial charge in [-0.3, -0.25) is 9.69 Å². The Hall–Kier alpha value is -0.800. The molecule has 1 rings (SSSR count). The van der Waals surface area contributed by atoms with Crippen LogP contribution in [0.2, 0.25) is 5.02 Å². The van der Waals surface area contributed by atoms with Gasteiger partial charge in [0.05, 0.1) is 5.69 Å². The van der Waals surface area contributed by atoms with Gasteiger partial charge in [-0.2, -0.15) is 0 Å². The molecule has 0 bridgehead atoms. The molecule has 1 aromatic carbocycles. The molecular weight excluding hydrogens is 216 g/mol. The SMILES string of the molecule is CN(C(=O)Cl)c1cc(Cl)ccc1F. The van der Waals surface area contributed by atoms with Crippen molar-refractivity contribution >= 4 is 34.3 Å². The summed E-state index contributed by atoms with van der Waals surface area (Å²) < 4.78 is 13.1. The Labute approximate surface area is 84.9 Å². The molecule has 13 heavy (non-hydrogen) atoms. The van der Waals surface area contributed by atoms with Crippen molar-refractivity contribution in [1.29, 1.82) is 0 Å². The molecule has 5 heteroatoms. The minimum atomic E-state index is -0.763. The van der Waals surface area contributed by atoms with E-state index in [1.807, 2.05) is 0 Å². The van der Waals surface area contributed by atoms with Gasteiger partial charge in [-0.15, -0.1) is 0 Å². The summed E-state index contributed by atoms with van der Waals surface area (Å²) in [5.41, 5.74) is 0.0625. The summed E-state index contributed by atoms with van der Waals surface area (Å²) in [6.07, 6.45) is 0. The summed E-state index contributed by atoms with van der Waals surface area (Å²) in [5, 5.41) is -0.415. The summed E-state index contributed by atoms with van der Waals surface area (Å²) in [7, 11) is 1.37. The number of benzene rings is 1. The number of halogens is 3. The lowest BCUT2D eigenvalue weighted by Gasteiger charge is -2.14. The molecule has 0 aliphatic carbocycles. The number of hydrogen-bond donors (Lipinski definition) is 0. The van der Waals surface area contributed by atoms with Crippen LogP contribution in [-0.4, -0.2) is 12.4 Å². The Morgan fingerprint density at radius 3 is 2.69 bits per heavy atom. The third-order valence-electron chi connectivity index (χ3n) is 1.53. The van der Waals surface area contributed by atoms with Crippen LogP contribution in [0.15, 0.2) is 18.2 Å². The van der Waals surface area contributed by atoms with Crippen molar-refractivity contribution in [3.63, 3.8) is 0 Å². The summed E-state index contributed by atoms with van der Waals surface area (Å²) in [4.78, 5) is 11.7. The first-order chi connectivity index (χ1) is 6.02. The van der Waals surface area contributed by atoms with Crippen molar-refractivity contribution < 1.29 is 9.18 Å². The number of rotatable bonds is 1. The Bertz CT molecular complexity index is 343. The Kier molecular flexibility index (Phi) is 3.12. The molecule has 2 nitrogen and oxygen atoms in total. The van der Waals surface area contributed by atoms with E-state index in [1.54, 1.807) is 0 Å². The molecule has 0 aromatic heterocycles. The van der Waals surface area contributed by atoms with Crippen molar-refractivity contribution in [1.82, 2.24) is 0 Å². The molecule has 0 saturated carbocycles. The normalized spacial score (nSPS) is 9.85. The molecule has 0 radical (unpaired) electrons. The largest absolute Gasteiger partial charge is 0.320 e. The number of amides is 1. The highest BCUT2D eigenvalue weighted by atomic mass is 35.5. The van der Waals surface area contributed by atoms with E-state index in [9.17, 15) is 9.18 Å². The zero-order valence-corrected chi connectivity index (χ0v) is 8.23. The van der Waals surface area contributed by atoms with E-state index in [-0.39, 0.29) is 5.69 Å². The third-order valence-corrected chi connectivity index (χ3v) is 2.02. The predicted octanol–water partition coefficient (Wildman–Crippen LogP) is 3.27. The van der Waals surface area contributed by atoms with E-state index in [0.717, 1.165) is 4.90 Å². The monoisotopic (exact) mass is 221 g/mol. The fraction of sp³-hybridized carbons (Fsp3) is 0.125. The third kappa shape index (κ3) is 2.32. The fourth-order valence-electron chi connectivity index (χ4n) is 0.838. The molecule has 0 spiro atoms. The van der Waals surface area contributed by atoms with Gasteiger partial charge >= 0.3 is 5.37 Å². The maximum absolute atomic E-state index is 13.1. The Morgan fingerprint density at radius 1 is 1.54 bits per heavy atom. The molecule has 0 unspecified atom stereocenters. The zero-order valence-electron chi connectivity index (χ0n) is 6.72. The van der Waals surface area contributed by atoms with Crippen LogP contribution < -0.4 is 4.90 Å². The summed E-state index contributed by atoms with van der Waals surface area (Å²) in [6, 6.07) is 3.90. The van der Waals surface area contributed by atoms with Gasteiger partial charge in [0.15, 0.2) is 0 Å². The number of carbonyl (C=O) groups excluding carboxylic acids is 1. The number of carbonyl (C=O) groups is 1. The minimum absolute atomic E-state index is 0.0625. The topological polar surface area (TPSA) is 20.3 Å². The van der Waals surface area contributed by atoms with Crippen molar-refractivity contribution in [3.05, 3.63) is 29.0 Å². The van der Waals surface area contributed by atoms with Gasteiger partial charge in [-0.05, 0) is 29.8 Å². The van der Waals surface area contributed by atoms with Gasteiger partial charge in [0.25, 0.3) is 0 Å². The molecule has 0 N–H and O–H groups in total. The Balaban J connectivity index is 3.12. The van der Waals surface area contributed by atoms with Gasteiger partial charge in [0.1, 0.15) is 5.82 Å². The molecule has 1 amide bonds. The van der Waals surface area contributed by atoms with Crippen LogP contribution in [0.25, 0.3) is 0 Å². The van der Waals surface area contributed by atoms with E-state index in [2.05, 4.69) is 0 Å². The van der Waals surface area contributed by atoms with E-state index < -0.39 is 11.2 Å². The quantitative estimate of drug-likeness (QED) is 0.527. The van der Waals surface area contributed by atoms with Crippen LogP contribution in [0.4, 0.5) is 14.9 Å². The van der Waals surface area contributed by atoms with Crippen molar-refractivity contribution in [2.75, 3.05) is 11.9 Å². The zero-order chi connectivity index (χ0) is 10.0. The molecule has 0 saturated heterocycles. The second kappa shape index (κ2) is 3.94. The molecule has 70 valence electrons. The van der Waals surface area contributed by atoms with Gasteiger partial charge in [0.2, 0.25) is 0 Å². The molecule has 0 fully saturated rings. The second-order valence-corrected chi connectivity index (χ2v) is 3.17. The van der Waals surface area contributed by atoms with Gasteiger partial charge in [-0.25, -0.2) is 4.39 Å². The standard InChI is InChI=1S/C8H6Cl2FNO/c1-12(8(10)13)7-4-5(9)2-3-6(7)11/h2-4H,1H3. The first-order valence-corrected chi connectivity index (χ1v) is 4.16. The van der Waals surface area contributed by atoms with Crippen molar-refractivity contribution in [3.8, 4) is 0 Å². The van der Waals surface area contributed by atoms with Crippen LogP contribution in [0.3, 0.4) is 0 Å². The summed E-state index contributed by atoms with van der Waals surface area (Å²) in [5.74, 6) is -0.541. The number of anilines is 1. The summed E-state index contributed by atoms with van der Waals surface area (Å²) in [6.45, 7) is 0. The predicted molar refractivity (Wildman–Crippen MR) is 51.1 cm³/mol. The first-order valence-electron chi connectivity index (χ1n) is 3.40. The van der Waals surface area contributed by atoms with Crippen LogP contribution in [-0.2, 0) is 0 Å². The van der Waals surface area contributed by atoms with Crippen LogP contribution in [0, 0.1) is 5.82 Å². The minimum Gasteiger partial charge on any atom is -0.299 e. The lowest BCUT2D eigenvalue weighted by atomic mass is 10.3. The van der Waals surface area contributed by atoms with Crippen LogP contribution in [0.5, 0.6) is 0 Å². The van der Waals surface area contributed by atoms with Gasteiger partial charge < -0.3 is 0 Å². The molecule has 0 atom stereocenters. The lowest BCUT2D eigenvalue weighted by Crippen LogP contribution is -2.20. The lowest BCUT2D eigenvalue weighted by molar-refractivity contribution is 0.265. The Morgan fingerprint density at radius 2 is 2.15 bits per heavy atom. The summed E-state index contributed by atoms with van der Waals surface area (Å²) >= 11 is 10.8. The number of nitrogens with zero attached hydrogens (tertiary/aromatic N) is 1. The van der Waals surface area contributed by atoms with E-state index in [4.69, 9.17) is 23.2 Å². The number of hydrogen-bond acceptors (Lipinski definition) is 1. The molecule has 0 aliphatic heterocycles. The molecule has 0 aliphatic rings. The van der Waals surface area contributed by atoms with Crippen LogP contribution in [0.1, 0.15) is 0 Å². The molecular formula is C8H6Cl2FNO. The highest BCUT2D eigenvalue weighted by molar-refractivity contribution is 6.66. The highest BCUT2D eigenvalue weighted by Crippen LogP contribution is 2.23. The van der Waals surface area contributed by atoms with Gasteiger partial charge in [-0.1, -0.05) is 11.6 Å². The van der Waals surface area contributed by atoms with Crippen molar-refractivity contribution in [2.24, 2.45) is 0 Å². The van der Waals surface area contributed by atoms with Gasteiger partial charge in [0, 0.05) is 12.1 Å². The highest BCUT2D eigenvalue weighted by Gasteiger charge is 2.12. The maximum Gasteiger partial charge on any atom is 0.320 e.